The quantitative estimate of drug-likeness (QED) is 0.182. The molecule has 0 aliphatic rings. The second-order valence-corrected chi connectivity index (χ2v) is 9.19. The van der Waals surface area contributed by atoms with E-state index in [4.69, 9.17) is 4.74 Å². The largest absolute Gasteiger partial charge is 0.508 e. The first-order valence-electron chi connectivity index (χ1n) is 12.5. The normalized spacial score (nSPS) is 11.0. The molecule has 0 saturated heterocycles. The molecule has 0 unspecified atom stereocenters. The number of hydrogen-bond acceptors (Lipinski definition) is 5. The number of amides is 1. The molecular weight excluding hydrogens is 478 g/mol. The van der Waals surface area contributed by atoms with Crippen LogP contribution in [0.3, 0.4) is 0 Å². The van der Waals surface area contributed by atoms with Gasteiger partial charge in [0, 0.05) is 17.8 Å². The highest BCUT2D eigenvalue weighted by Crippen LogP contribution is 2.26. The number of esters is 1. The molecule has 2 N–H and O–H groups in total. The van der Waals surface area contributed by atoms with Crippen molar-refractivity contribution in [2.75, 3.05) is 11.4 Å². The molecule has 0 radical (unpaired) electrons. The maximum absolute atomic E-state index is 13.5. The summed E-state index contributed by atoms with van der Waals surface area (Å²) < 4.78 is 5.58. The average molecular weight is 506 g/mol. The van der Waals surface area contributed by atoms with Crippen LogP contribution < -0.4 is 9.64 Å². The van der Waals surface area contributed by atoms with Crippen molar-refractivity contribution in [3.05, 3.63) is 108 Å². The lowest BCUT2D eigenvalue weighted by Crippen LogP contribution is -2.31. The van der Waals surface area contributed by atoms with Gasteiger partial charge in [-0.2, -0.15) is 0 Å². The van der Waals surface area contributed by atoms with Gasteiger partial charge < -0.3 is 19.8 Å². The van der Waals surface area contributed by atoms with E-state index in [0.29, 0.717) is 29.1 Å². The number of aromatic hydroxyl groups is 2. The van der Waals surface area contributed by atoms with Crippen molar-refractivity contribution in [1.82, 2.24) is 0 Å². The van der Waals surface area contributed by atoms with Crippen LogP contribution in [0.15, 0.2) is 97.1 Å². The van der Waals surface area contributed by atoms with E-state index in [1.807, 2.05) is 12.1 Å². The smallest absolute Gasteiger partial charge is 0.343 e. The van der Waals surface area contributed by atoms with E-state index in [0.717, 1.165) is 34.4 Å². The van der Waals surface area contributed by atoms with Gasteiger partial charge in [-0.05, 0) is 101 Å². The summed E-state index contributed by atoms with van der Waals surface area (Å²) in [6, 6.07) is 27.5. The molecule has 5 aromatic rings. The van der Waals surface area contributed by atoms with E-state index in [2.05, 4.69) is 6.92 Å². The number of phenols is 2. The average Bonchev–Trinajstić information content (AvgIpc) is 2.93. The first-order chi connectivity index (χ1) is 18.4. The molecule has 0 bridgehead atoms. The predicted octanol–water partition coefficient (Wildman–Crippen LogP) is 7.07. The van der Waals surface area contributed by atoms with Gasteiger partial charge in [0.15, 0.2) is 0 Å². The summed E-state index contributed by atoms with van der Waals surface area (Å²) in [5.74, 6) is 0.107. The van der Waals surface area contributed by atoms with Gasteiger partial charge in [0.1, 0.15) is 17.2 Å². The van der Waals surface area contributed by atoms with Gasteiger partial charge >= 0.3 is 5.97 Å². The van der Waals surface area contributed by atoms with Crippen LogP contribution in [-0.2, 0) is 0 Å². The molecule has 0 heterocycles. The van der Waals surface area contributed by atoms with Gasteiger partial charge in [0.25, 0.3) is 5.91 Å². The molecule has 0 aliphatic carbocycles. The SMILES string of the molecule is CCCCN(C(=O)c1ccc2cc(O)ccc2c1)c1ccc(OC(=O)c2ccc3cc(O)ccc3c2)cc1. The third-order valence-corrected chi connectivity index (χ3v) is 6.47. The Morgan fingerprint density at radius 2 is 1.21 bits per heavy atom. The second kappa shape index (κ2) is 10.6. The minimum Gasteiger partial charge on any atom is -0.508 e. The molecule has 5 aromatic carbocycles. The van der Waals surface area contributed by atoms with Crippen molar-refractivity contribution in [3.8, 4) is 17.2 Å². The highest BCUT2D eigenvalue weighted by atomic mass is 16.5. The molecule has 38 heavy (non-hydrogen) atoms. The van der Waals surface area contributed by atoms with E-state index < -0.39 is 5.97 Å². The number of benzene rings is 5. The molecule has 1 amide bonds. The second-order valence-electron chi connectivity index (χ2n) is 9.19. The molecule has 0 aliphatic heterocycles. The lowest BCUT2D eigenvalue weighted by molar-refractivity contribution is 0.0734. The zero-order valence-corrected chi connectivity index (χ0v) is 20.9. The summed E-state index contributed by atoms with van der Waals surface area (Å²) in [4.78, 5) is 28.0. The Labute approximate surface area is 220 Å². The fourth-order valence-corrected chi connectivity index (χ4v) is 4.41. The summed E-state index contributed by atoms with van der Waals surface area (Å²) in [5, 5.41) is 22.7. The van der Waals surface area contributed by atoms with Crippen LogP contribution in [0, 0.1) is 0 Å². The molecular formula is C32H27NO5. The number of hydrogen-bond donors (Lipinski definition) is 2. The van der Waals surface area contributed by atoms with Crippen LogP contribution in [0.5, 0.6) is 17.2 Å². The van der Waals surface area contributed by atoms with Gasteiger partial charge in [-0.25, -0.2) is 4.79 Å². The molecule has 6 nitrogen and oxygen atoms in total. The molecule has 0 atom stereocenters. The van der Waals surface area contributed by atoms with Crippen LogP contribution in [0.2, 0.25) is 0 Å². The zero-order chi connectivity index (χ0) is 26.6. The van der Waals surface area contributed by atoms with Gasteiger partial charge in [-0.3, -0.25) is 4.79 Å². The van der Waals surface area contributed by atoms with E-state index in [-0.39, 0.29) is 17.4 Å². The van der Waals surface area contributed by atoms with Crippen molar-refractivity contribution in [2.45, 2.75) is 19.8 Å². The minimum absolute atomic E-state index is 0.125. The van der Waals surface area contributed by atoms with Crippen molar-refractivity contribution < 1.29 is 24.5 Å². The maximum Gasteiger partial charge on any atom is 0.343 e. The van der Waals surface area contributed by atoms with Crippen molar-refractivity contribution in [2.24, 2.45) is 0 Å². The van der Waals surface area contributed by atoms with Crippen molar-refractivity contribution in [3.63, 3.8) is 0 Å². The summed E-state index contributed by atoms with van der Waals surface area (Å²) in [5.41, 5.74) is 1.66. The van der Waals surface area contributed by atoms with E-state index >= 15 is 0 Å². The lowest BCUT2D eigenvalue weighted by atomic mass is 10.1. The van der Waals surface area contributed by atoms with Gasteiger partial charge in [-0.1, -0.05) is 37.6 Å². The predicted molar refractivity (Wildman–Crippen MR) is 149 cm³/mol. The number of unbranched alkanes of at least 4 members (excludes halogenated alkanes) is 1. The standard InChI is InChI=1S/C32H27NO5/c1-2-3-16-33(31(36)25-6-4-23-19-28(34)12-8-21(23)17-25)27-10-14-30(15-11-27)38-32(37)26-7-5-24-20-29(35)13-9-22(24)18-26/h4-15,17-20,34-35H,2-3,16H2,1H3. The van der Waals surface area contributed by atoms with Gasteiger partial charge in [0.2, 0.25) is 0 Å². The minimum atomic E-state index is -0.492. The number of phenolic OH excluding ortho intramolecular Hbond substituents is 2. The summed E-state index contributed by atoms with van der Waals surface area (Å²) in [6.45, 7) is 2.62. The number of fused-ring (bicyclic) bond motifs is 2. The molecule has 6 heteroatoms. The number of anilines is 1. The Balaban J connectivity index is 1.35. The van der Waals surface area contributed by atoms with Crippen LogP contribution in [0.25, 0.3) is 21.5 Å². The van der Waals surface area contributed by atoms with E-state index in [1.54, 1.807) is 89.8 Å². The first-order valence-corrected chi connectivity index (χ1v) is 12.5. The fraction of sp³-hybridized carbons (Fsp3) is 0.125. The number of ether oxygens (including phenoxy) is 1. The molecule has 0 fully saturated rings. The highest BCUT2D eigenvalue weighted by Gasteiger charge is 2.18. The molecule has 0 saturated carbocycles. The summed E-state index contributed by atoms with van der Waals surface area (Å²) in [6.07, 6.45) is 1.77. The van der Waals surface area contributed by atoms with Crippen molar-refractivity contribution in [1.29, 1.82) is 0 Å². The van der Waals surface area contributed by atoms with Crippen LogP contribution in [0.4, 0.5) is 5.69 Å². The number of rotatable bonds is 7. The highest BCUT2D eigenvalue weighted by molar-refractivity contribution is 6.08. The number of carbonyl (C=O) groups excluding carboxylic acids is 2. The van der Waals surface area contributed by atoms with Crippen LogP contribution in [-0.4, -0.2) is 28.6 Å². The third kappa shape index (κ3) is 5.30. The maximum atomic E-state index is 13.5. The Kier molecular flexibility index (Phi) is 6.96. The van der Waals surface area contributed by atoms with E-state index in [9.17, 15) is 19.8 Å². The Morgan fingerprint density at radius 1 is 0.684 bits per heavy atom. The topological polar surface area (TPSA) is 87.1 Å². The Morgan fingerprint density at radius 3 is 1.82 bits per heavy atom. The van der Waals surface area contributed by atoms with Crippen LogP contribution >= 0.6 is 0 Å². The molecule has 0 aromatic heterocycles. The van der Waals surface area contributed by atoms with Crippen LogP contribution in [0.1, 0.15) is 40.5 Å². The zero-order valence-electron chi connectivity index (χ0n) is 20.9. The summed E-state index contributed by atoms with van der Waals surface area (Å²) >= 11 is 0. The first kappa shape index (κ1) is 24.8. The molecule has 190 valence electrons. The van der Waals surface area contributed by atoms with Gasteiger partial charge in [-0.15, -0.1) is 0 Å². The lowest BCUT2D eigenvalue weighted by Gasteiger charge is -2.23. The monoisotopic (exact) mass is 505 g/mol. The molecule has 0 spiro atoms. The van der Waals surface area contributed by atoms with Gasteiger partial charge in [0.05, 0.1) is 5.56 Å². The number of nitrogens with zero attached hydrogens (tertiary/aromatic N) is 1. The molecule has 5 rings (SSSR count). The Bertz CT molecular complexity index is 1640. The van der Waals surface area contributed by atoms with E-state index in [1.165, 1.54) is 0 Å². The third-order valence-electron chi connectivity index (χ3n) is 6.47. The fourth-order valence-electron chi connectivity index (χ4n) is 4.41. The van der Waals surface area contributed by atoms with Crippen molar-refractivity contribution >= 4 is 39.1 Å². The number of carbonyl (C=O) groups is 2. The summed E-state index contributed by atoms with van der Waals surface area (Å²) in [7, 11) is 0. The Hall–Kier alpha value is -4.84.